The summed E-state index contributed by atoms with van der Waals surface area (Å²) in [7, 11) is 0. The molecule has 0 saturated carbocycles. The second-order valence-electron chi connectivity index (χ2n) is 5.73. The van der Waals surface area contributed by atoms with Crippen LogP contribution in [0.3, 0.4) is 0 Å². The molecule has 0 radical (unpaired) electrons. The second-order valence-corrected chi connectivity index (χ2v) is 8.84. The highest BCUT2D eigenvalue weighted by molar-refractivity contribution is 8.00. The molecule has 0 fully saturated rings. The van der Waals surface area contributed by atoms with Gasteiger partial charge in [0.25, 0.3) is 0 Å². The number of halogens is 1. The number of thioether (sulfide) groups is 1. The molecule has 1 N–H and O–H groups in total. The maximum Gasteiger partial charge on any atom is 0.232 e. The van der Waals surface area contributed by atoms with Crippen LogP contribution in [-0.2, 0) is 17.0 Å². The number of rotatable bonds is 6. The lowest BCUT2D eigenvalue weighted by Gasteiger charge is -1.99. The molecule has 0 saturated heterocycles. The first-order valence-electron chi connectivity index (χ1n) is 8.13. The van der Waals surface area contributed by atoms with Gasteiger partial charge in [-0.15, -0.1) is 11.3 Å². The standard InChI is InChI=1S/C19H14FN3OS3/c20-13-7-5-12(6-8-13)10-25-19-21-14(11-26-19)9-17(24)23-18-22-15-3-1-2-4-16(15)27-18/h1-8,11H,9-10H2,(H,22,23,24). The first-order chi connectivity index (χ1) is 13.2. The molecule has 2 aromatic heterocycles. The number of benzene rings is 2. The summed E-state index contributed by atoms with van der Waals surface area (Å²) in [6, 6.07) is 14.2. The van der Waals surface area contributed by atoms with Crippen LogP contribution in [-0.4, -0.2) is 15.9 Å². The van der Waals surface area contributed by atoms with Crippen LogP contribution >= 0.6 is 34.4 Å². The Morgan fingerprint density at radius 1 is 1.11 bits per heavy atom. The molecule has 136 valence electrons. The molecule has 4 aromatic rings. The average Bonchev–Trinajstić information content (AvgIpc) is 3.27. The molecule has 2 heterocycles. The number of anilines is 1. The van der Waals surface area contributed by atoms with Gasteiger partial charge in [0, 0.05) is 11.1 Å². The minimum atomic E-state index is -0.237. The molecule has 0 aliphatic rings. The molecule has 0 aliphatic heterocycles. The number of nitrogens with zero attached hydrogens (tertiary/aromatic N) is 2. The molecule has 4 nitrogen and oxygen atoms in total. The van der Waals surface area contributed by atoms with Crippen LogP contribution in [0.2, 0.25) is 0 Å². The largest absolute Gasteiger partial charge is 0.302 e. The summed E-state index contributed by atoms with van der Waals surface area (Å²) in [5.41, 5.74) is 2.65. The number of para-hydroxylation sites is 1. The fourth-order valence-electron chi connectivity index (χ4n) is 2.42. The molecule has 0 aliphatic carbocycles. The fourth-order valence-corrected chi connectivity index (χ4v) is 5.10. The van der Waals surface area contributed by atoms with E-state index in [2.05, 4.69) is 15.3 Å². The minimum absolute atomic E-state index is 0.130. The highest BCUT2D eigenvalue weighted by Crippen LogP contribution is 2.27. The Hall–Kier alpha value is -2.29. The Morgan fingerprint density at radius 3 is 2.74 bits per heavy atom. The number of amides is 1. The monoisotopic (exact) mass is 415 g/mol. The zero-order valence-electron chi connectivity index (χ0n) is 14.0. The average molecular weight is 416 g/mol. The van der Waals surface area contributed by atoms with E-state index in [1.807, 2.05) is 29.6 Å². The summed E-state index contributed by atoms with van der Waals surface area (Å²) >= 11 is 4.54. The van der Waals surface area contributed by atoms with Crippen molar-refractivity contribution in [3.63, 3.8) is 0 Å². The van der Waals surface area contributed by atoms with Crippen LogP contribution in [0.15, 0.2) is 58.3 Å². The molecule has 0 atom stereocenters. The van der Waals surface area contributed by atoms with Crippen molar-refractivity contribution in [1.82, 2.24) is 9.97 Å². The van der Waals surface area contributed by atoms with Crippen LogP contribution in [0, 0.1) is 5.82 Å². The van der Waals surface area contributed by atoms with E-state index in [9.17, 15) is 9.18 Å². The zero-order valence-corrected chi connectivity index (χ0v) is 16.5. The van der Waals surface area contributed by atoms with E-state index in [1.54, 1.807) is 23.9 Å². The first-order valence-corrected chi connectivity index (χ1v) is 10.8. The number of carbonyl (C=O) groups is 1. The van der Waals surface area contributed by atoms with E-state index >= 15 is 0 Å². The number of fused-ring (bicyclic) bond motifs is 1. The first kappa shape index (κ1) is 18.1. The molecular formula is C19H14FN3OS3. The van der Waals surface area contributed by atoms with Gasteiger partial charge in [-0.3, -0.25) is 4.79 Å². The van der Waals surface area contributed by atoms with Crippen molar-refractivity contribution in [2.24, 2.45) is 0 Å². The lowest BCUT2D eigenvalue weighted by Crippen LogP contribution is -2.14. The Bertz CT molecular complexity index is 1040. The number of hydrogen-bond donors (Lipinski definition) is 1. The zero-order chi connectivity index (χ0) is 18.6. The predicted octanol–water partition coefficient (Wildman–Crippen LogP) is 5.37. The van der Waals surface area contributed by atoms with E-state index in [0.717, 1.165) is 25.8 Å². The van der Waals surface area contributed by atoms with Gasteiger partial charge in [0.2, 0.25) is 5.91 Å². The van der Waals surface area contributed by atoms with Crippen molar-refractivity contribution >= 4 is 55.7 Å². The van der Waals surface area contributed by atoms with Crippen LogP contribution in [0.4, 0.5) is 9.52 Å². The molecular weight excluding hydrogens is 401 g/mol. The van der Waals surface area contributed by atoms with Gasteiger partial charge < -0.3 is 5.32 Å². The summed E-state index contributed by atoms with van der Waals surface area (Å²) in [6.45, 7) is 0. The molecule has 4 rings (SSSR count). The van der Waals surface area contributed by atoms with Gasteiger partial charge in [0.1, 0.15) is 10.2 Å². The Morgan fingerprint density at radius 2 is 1.93 bits per heavy atom. The third-order valence-corrected chi connectivity index (χ3v) is 6.78. The molecule has 2 aromatic carbocycles. The van der Waals surface area contributed by atoms with Crippen LogP contribution in [0.25, 0.3) is 10.2 Å². The second kappa shape index (κ2) is 8.16. The summed E-state index contributed by atoms with van der Waals surface area (Å²) in [5.74, 6) is 0.347. The number of nitrogens with one attached hydrogen (secondary N) is 1. The van der Waals surface area contributed by atoms with Gasteiger partial charge >= 0.3 is 0 Å². The van der Waals surface area contributed by atoms with Crippen molar-refractivity contribution in [3.05, 3.63) is 71.0 Å². The molecule has 0 spiro atoms. The number of aromatic nitrogens is 2. The molecule has 0 bridgehead atoms. The van der Waals surface area contributed by atoms with Gasteiger partial charge in [-0.1, -0.05) is 47.4 Å². The lowest BCUT2D eigenvalue weighted by atomic mass is 10.2. The topological polar surface area (TPSA) is 54.9 Å². The molecule has 1 amide bonds. The normalized spacial score (nSPS) is 11.0. The van der Waals surface area contributed by atoms with Gasteiger partial charge in [-0.2, -0.15) is 0 Å². The Labute approximate surface area is 167 Å². The quantitative estimate of drug-likeness (QED) is 0.431. The summed E-state index contributed by atoms with van der Waals surface area (Å²) < 4.78 is 14.9. The number of carbonyl (C=O) groups excluding carboxylic acids is 1. The van der Waals surface area contributed by atoms with Crippen LogP contribution < -0.4 is 5.32 Å². The van der Waals surface area contributed by atoms with E-state index < -0.39 is 0 Å². The maximum atomic E-state index is 12.9. The van der Waals surface area contributed by atoms with Crippen molar-refractivity contribution in [2.75, 3.05) is 5.32 Å². The van der Waals surface area contributed by atoms with E-state index in [4.69, 9.17) is 0 Å². The Kier molecular flexibility index (Phi) is 5.47. The summed E-state index contributed by atoms with van der Waals surface area (Å²) in [5, 5.41) is 5.34. The smallest absolute Gasteiger partial charge is 0.232 e. The fraction of sp³-hybridized carbons (Fsp3) is 0.105. The molecule has 0 unspecified atom stereocenters. The minimum Gasteiger partial charge on any atom is -0.302 e. The maximum absolute atomic E-state index is 12.9. The highest BCUT2D eigenvalue weighted by atomic mass is 32.2. The Balaban J connectivity index is 1.32. The van der Waals surface area contributed by atoms with Crippen LogP contribution in [0.1, 0.15) is 11.3 Å². The third-order valence-electron chi connectivity index (χ3n) is 3.69. The van der Waals surface area contributed by atoms with Gasteiger partial charge in [0.15, 0.2) is 5.13 Å². The summed E-state index contributed by atoms with van der Waals surface area (Å²) in [6.07, 6.45) is 0.212. The van der Waals surface area contributed by atoms with Gasteiger partial charge in [-0.25, -0.2) is 14.4 Å². The van der Waals surface area contributed by atoms with Gasteiger partial charge in [-0.05, 0) is 29.8 Å². The third kappa shape index (κ3) is 4.71. The lowest BCUT2D eigenvalue weighted by molar-refractivity contribution is -0.115. The molecule has 8 heteroatoms. The van der Waals surface area contributed by atoms with Crippen molar-refractivity contribution in [2.45, 2.75) is 16.5 Å². The van der Waals surface area contributed by atoms with Crippen LogP contribution in [0.5, 0.6) is 0 Å². The van der Waals surface area contributed by atoms with Crippen molar-refractivity contribution in [1.29, 1.82) is 0 Å². The number of thiazole rings is 2. The summed E-state index contributed by atoms with van der Waals surface area (Å²) in [4.78, 5) is 21.2. The number of hydrogen-bond acceptors (Lipinski definition) is 6. The predicted molar refractivity (Wildman–Crippen MR) is 110 cm³/mol. The van der Waals surface area contributed by atoms with Gasteiger partial charge in [0.05, 0.1) is 22.3 Å². The highest BCUT2D eigenvalue weighted by Gasteiger charge is 2.11. The van der Waals surface area contributed by atoms with Crippen molar-refractivity contribution in [3.8, 4) is 0 Å². The van der Waals surface area contributed by atoms with E-state index in [0.29, 0.717) is 10.9 Å². The van der Waals surface area contributed by atoms with E-state index in [1.165, 1.54) is 34.8 Å². The SMILES string of the molecule is O=C(Cc1csc(SCc2ccc(F)cc2)n1)Nc1nc2ccccc2s1. The van der Waals surface area contributed by atoms with Crippen molar-refractivity contribution < 1.29 is 9.18 Å². The van der Waals surface area contributed by atoms with E-state index in [-0.39, 0.29) is 18.1 Å². The molecule has 27 heavy (non-hydrogen) atoms.